The van der Waals surface area contributed by atoms with Gasteiger partial charge in [0.05, 0.1) is 12.5 Å². The number of nitrogens with zero attached hydrogens (tertiary/aromatic N) is 1. The lowest BCUT2D eigenvalue weighted by molar-refractivity contribution is -0.143. The van der Waals surface area contributed by atoms with E-state index in [1.165, 1.54) is 0 Å². The number of amides is 12. The molecule has 33 nitrogen and oxygen atoms in total. The minimum Gasteiger partial charge on any atom is -0.481 e. The normalized spacial score (nSPS) is 15.7. The van der Waals surface area contributed by atoms with Crippen LogP contribution in [0, 0.1) is 35.5 Å². The third kappa shape index (κ3) is 34.7. The predicted octanol–water partition coefficient (Wildman–Crippen LogP) is -2.29. The quantitative estimate of drug-likeness (QED) is 0.0173. The van der Waals surface area contributed by atoms with E-state index < -0.39 is 193 Å². The van der Waals surface area contributed by atoms with Crippen LogP contribution in [-0.2, 0) is 67.1 Å². The van der Waals surface area contributed by atoms with Gasteiger partial charge in [-0.15, -0.1) is 0 Å². The molecule has 0 heterocycles. The smallest absolute Gasteiger partial charge is 0.326 e. The number of carboxylic acid groups (broad SMARTS) is 2. The van der Waals surface area contributed by atoms with Crippen LogP contribution in [0.4, 0.5) is 0 Å². The van der Waals surface area contributed by atoms with Gasteiger partial charge in [-0.05, 0) is 106 Å². The van der Waals surface area contributed by atoms with Crippen LogP contribution in [-0.4, -0.2) is 179 Å². The monoisotopic (exact) mass is 1350 g/mol. The summed E-state index contributed by atoms with van der Waals surface area (Å²) in [4.78, 5) is 194. The van der Waals surface area contributed by atoms with Crippen LogP contribution >= 0.6 is 0 Å². The number of aliphatic carboxylic acids is 2. The number of guanidine groups is 1. The largest absolute Gasteiger partial charge is 0.481 e. The predicted molar refractivity (Wildman–Crippen MR) is 354 cm³/mol. The van der Waals surface area contributed by atoms with Crippen molar-refractivity contribution in [3.05, 3.63) is 0 Å². The van der Waals surface area contributed by atoms with Crippen LogP contribution < -0.4 is 87.6 Å². The second-order valence-corrected chi connectivity index (χ2v) is 25.7. The molecule has 0 aromatic rings. The number of carbonyl (C=O) groups is 14. The van der Waals surface area contributed by atoms with Gasteiger partial charge in [0.25, 0.3) is 0 Å². The van der Waals surface area contributed by atoms with Crippen molar-refractivity contribution in [2.24, 2.45) is 74.9 Å². The number of nitrogens with one attached hydrogen (secondary N) is 10. The van der Waals surface area contributed by atoms with Crippen molar-refractivity contribution in [2.75, 3.05) is 13.1 Å². The van der Waals surface area contributed by atoms with Crippen molar-refractivity contribution in [3.8, 4) is 0 Å². The number of aliphatic imine (C=N–C) groups is 1. The molecule has 12 amide bonds. The van der Waals surface area contributed by atoms with Gasteiger partial charge in [0, 0.05) is 19.4 Å². The molecule has 0 fully saturated rings. The molecule has 0 spiro atoms. The fourth-order valence-corrected chi connectivity index (χ4v) is 9.71. The number of carboxylic acids is 2. The summed E-state index contributed by atoms with van der Waals surface area (Å²) in [6.45, 7) is 21.0. The van der Waals surface area contributed by atoms with E-state index in [4.69, 9.17) is 34.4 Å². The molecule has 0 saturated heterocycles. The zero-order chi connectivity index (χ0) is 73.0. The van der Waals surface area contributed by atoms with Crippen LogP contribution in [0.25, 0.3) is 0 Å². The molecule has 0 unspecified atom stereocenters. The van der Waals surface area contributed by atoms with Crippen LogP contribution in [0.5, 0.6) is 0 Å². The molecule has 0 aliphatic carbocycles. The molecule has 24 N–H and O–H groups in total. The number of hydrogen-bond donors (Lipinski definition) is 18. The van der Waals surface area contributed by atoms with E-state index in [1.54, 1.807) is 76.2 Å². The summed E-state index contributed by atoms with van der Waals surface area (Å²) < 4.78 is 0. The minimum absolute atomic E-state index is 0.00513. The van der Waals surface area contributed by atoms with E-state index in [0.717, 1.165) is 0 Å². The fraction of sp³-hybridized carbons (Fsp3) is 0.758. The van der Waals surface area contributed by atoms with Gasteiger partial charge >= 0.3 is 11.9 Å². The van der Waals surface area contributed by atoms with Gasteiger partial charge in [0.2, 0.25) is 70.9 Å². The second-order valence-electron chi connectivity index (χ2n) is 25.7. The van der Waals surface area contributed by atoms with Crippen molar-refractivity contribution in [3.63, 3.8) is 0 Å². The van der Waals surface area contributed by atoms with E-state index in [2.05, 4.69) is 58.2 Å². The average Bonchev–Trinajstić information content (AvgIpc) is 0.892. The van der Waals surface area contributed by atoms with E-state index in [0.29, 0.717) is 25.7 Å². The maximum atomic E-state index is 14.5. The molecular formula is C62H113N17O16. The molecular weight excluding hydrogens is 1240 g/mol. The Labute approximate surface area is 557 Å². The Hall–Kier alpha value is -8.23. The lowest BCUT2D eigenvalue weighted by atomic mass is 9.95. The van der Waals surface area contributed by atoms with Crippen LogP contribution in [0.1, 0.15) is 186 Å². The highest BCUT2D eigenvalue weighted by Crippen LogP contribution is 2.17. The Bertz CT molecular complexity index is 2590. The standard InChI is InChI=1S/C62H113N17O16/c1-13-34(10)48(66)58(91)79-50(36(12)15-3)59(92)73-40(22-24-47(82)83)53(86)70-38(20-18-26-69-62(67)68)52(85)76-43(30-46(65)81)56(89)75-41(27-31(4)5)55(88)71-37(19-16-17-25-63)51(84)72-39(21-23-45(64)80)54(87)74-42(28-32(6)7)57(90)78-49(35(11)14-2)60(93)77-44(61(94)95)29-33(8)9/h31-44,48-50H,13-30,63,66H2,1-12H3,(H2,64,80)(H2,65,81)(H,70,86)(H,71,88)(H,72,84)(H,73,92)(H,74,87)(H,75,89)(H,76,85)(H,77,93)(H,78,90)(H,79,91)(H,82,83)(H,94,95)(H4,67,68,69)/t34-,35-,36-,37-,38-,39-,40-,41-,42-,43-,44-,48-,49-,50-/m0/s1. The molecule has 0 radical (unpaired) electrons. The fourth-order valence-electron chi connectivity index (χ4n) is 9.71. The molecule has 542 valence electrons. The number of primary amides is 2. The van der Waals surface area contributed by atoms with Gasteiger partial charge in [-0.25, -0.2) is 4.79 Å². The second kappa shape index (κ2) is 45.2. The van der Waals surface area contributed by atoms with E-state index >= 15 is 0 Å². The van der Waals surface area contributed by atoms with Gasteiger partial charge in [-0.2, -0.15) is 0 Å². The van der Waals surface area contributed by atoms with Crippen molar-refractivity contribution in [1.29, 1.82) is 0 Å². The molecule has 0 aromatic carbocycles. The summed E-state index contributed by atoms with van der Waals surface area (Å²) in [5.74, 6) is -16.1. The van der Waals surface area contributed by atoms with E-state index in [9.17, 15) is 77.3 Å². The lowest BCUT2D eigenvalue weighted by Crippen LogP contribution is -2.61. The molecule has 0 bridgehead atoms. The van der Waals surface area contributed by atoms with Gasteiger partial charge in [0.1, 0.15) is 60.4 Å². The molecule has 95 heavy (non-hydrogen) atoms. The molecule has 0 rings (SSSR count). The van der Waals surface area contributed by atoms with Crippen LogP contribution in [0.15, 0.2) is 4.99 Å². The third-order valence-electron chi connectivity index (χ3n) is 15.9. The molecule has 0 aliphatic rings. The first kappa shape index (κ1) is 86.8. The molecule has 0 aliphatic heterocycles. The zero-order valence-corrected chi connectivity index (χ0v) is 57.6. The Balaban J connectivity index is 7.28. The molecule has 0 saturated carbocycles. The third-order valence-corrected chi connectivity index (χ3v) is 15.9. The summed E-state index contributed by atoms with van der Waals surface area (Å²) in [7, 11) is 0. The number of hydrogen-bond acceptors (Lipinski definition) is 17. The van der Waals surface area contributed by atoms with Gasteiger partial charge in [-0.1, -0.05) is 102 Å². The van der Waals surface area contributed by atoms with Crippen molar-refractivity contribution in [2.45, 2.75) is 252 Å². The number of unbranched alkanes of at least 4 members (excludes halogenated alkanes) is 1. The van der Waals surface area contributed by atoms with Gasteiger partial charge in [-0.3, -0.25) is 67.3 Å². The SMILES string of the molecule is CC[C@H](C)[C@H](N)C(=O)N[C@H](C(=O)N[C@@H](CCC(=O)O)C(=O)N[C@@H](CCCN=C(N)N)C(=O)N[C@@H](CC(N)=O)C(=O)N[C@@H](CC(C)C)C(=O)N[C@@H](CCCCN)C(=O)N[C@@H](CCC(N)=O)C(=O)N[C@@H](CC(C)C)C(=O)N[C@H](C(=O)N[C@@H](CC(C)C)C(=O)O)[C@@H](C)CC)[C@@H](C)CC. The summed E-state index contributed by atoms with van der Waals surface area (Å²) >= 11 is 0. The van der Waals surface area contributed by atoms with Crippen molar-refractivity contribution in [1.82, 2.24) is 53.2 Å². The maximum Gasteiger partial charge on any atom is 0.326 e. The summed E-state index contributed by atoms with van der Waals surface area (Å²) in [5.41, 5.74) is 34.1. The minimum atomic E-state index is -1.85. The summed E-state index contributed by atoms with van der Waals surface area (Å²) in [6.07, 6.45) is -1.37. The average molecular weight is 1350 g/mol. The highest BCUT2D eigenvalue weighted by Gasteiger charge is 2.38. The summed E-state index contributed by atoms with van der Waals surface area (Å²) in [6, 6.07) is -15.7. The van der Waals surface area contributed by atoms with Gasteiger partial charge < -0.3 is 97.8 Å². The number of rotatable bonds is 49. The maximum absolute atomic E-state index is 14.5. The highest BCUT2D eigenvalue weighted by molar-refractivity contribution is 6.00. The summed E-state index contributed by atoms with van der Waals surface area (Å²) in [5, 5.41) is 45.0. The van der Waals surface area contributed by atoms with Crippen LogP contribution in [0.2, 0.25) is 0 Å². The highest BCUT2D eigenvalue weighted by atomic mass is 16.4. The van der Waals surface area contributed by atoms with Crippen LogP contribution in [0.3, 0.4) is 0 Å². The van der Waals surface area contributed by atoms with E-state index in [-0.39, 0.29) is 87.7 Å². The molecule has 0 aromatic heterocycles. The number of nitrogens with two attached hydrogens (primary N) is 6. The first-order chi connectivity index (χ1) is 44.3. The first-order valence-electron chi connectivity index (χ1n) is 32.9. The van der Waals surface area contributed by atoms with E-state index in [1.807, 2.05) is 6.92 Å². The topological polar surface area (TPSA) is 568 Å². The molecule has 14 atom stereocenters. The Morgan fingerprint density at radius 3 is 1.09 bits per heavy atom. The first-order valence-corrected chi connectivity index (χ1v) is 32.9. The van der Waals surface area contributed by atoms with Gasteiger partial charge in [0.15, 0.2) is 5.96 Å². The van der Waals surface area contributed by atoms with Crippen molar-refractivity contribution < 1.29 is 77.3 Å². The zero-order valence-electron chi connectivity index (χ0n) is 57.6. The lowest BCUT2D eigenvalue weighted by Gasteiger charge is -2.30. The Kier molecular flexibility index (Phi) is 41.3. The Morgan fingerprint density at radius 2 is 0.716 bits per heavy atom. The van der Waals surface area contributed by atoms with Crippen molar-refractivity contribution >= 4 is 88.8 Å². The molecule has 33 heteroatoms. The number of carbonyl (C=O) groups excluding carboxylic acids is 12. The Morgan fingerprint density at radius 1 is 0.379 bits per heavy atom.